The number of rotatable bonds is 4. The highest BCUT2D eigenvalue weighted by molar-refractivity contribution is 6.16. The first-order valence-electron chi connectivity index (χ1n) is 11.5. The van der Waals surface area contributed by atoms with Crippen LogP contribution in [0, 0.1) is 0 Å². The van der Waals surface area contributed by atoms with E-state index in [2.05, 4.69) is 10.6 Å². The van der Waals surface area contributed by atoms with Gasteiger partial charge in [0.05, 0.1) is 6.04 Å². The molecule has 1 unspecified atom stereocenters. The molecule has 0 aliphatic heterocycles. The first-order valence-corrected chi connectivity index (χ1v) is 11.5. The van der Waals surface area contributed by atoms with Crippen LogP contribution in [0.1, 0.15) is 74.0 Å². The van der Waals surface area contributed by atoms with Gasteiger partial charge in [0.15, 0.2) is 5.78 Å². The number of ketones is 1. The first-order chi connectivity index (χ1) is 15.3. The van der Waals surface area contributed by atoms with Gasteiger partial charge in [0.1, 0.15) is 5.60 Å². The second kappa shape index (κ2) is 9.29. The molecule has 5 heteroatoms. The van der Waals surface area contributed by atoms with Crippen LogP contribution >= 0.6 is 0 Å². The van der Waals surface area contributed by atoms with Crippen molar-refractivity contribution >= 4 is 18.0 Å². The van der Waals surface area contributed by atoms with Crippen LogP contribution in [0.5, 0.6) is 0 Å². The molecule has 0 aromatic heterocycles. The van der Waals surface area contributed by atoms with E-state index in [-0.39, 0.29) is 30.0 Å². The SMILES string of the molecule is CC(C)(C)OC(=O)NC1CCC(NC2/C(=C\c3ccccc3)C(=O)c3ccccc32)CC1. The van der Waals surface area contributed by atoms with Crippen molar-refractivity contribution in [1.82, 2.24) is 10.6 Å². The standard InChI is InChI=1S/C27H32N2O3/c1-27(2,3)32-26(31)29-20-15-13-19(14-16-20)28-24-21-11-7-8-12-22(21)25(30)23(24)17-18-9-5-4-6-10-18/h4-12,17,19-20,24,28H,13-16H2,1-3H3,(H,29,31)/b23-17+. The van der Waals surface area contributed by atoms with Gasteiger partial charge in [-0.05, 0) is 63.7 Å². The molecule has 2 aliphatic carbocycles. The van der Waals surface area contributed by atoms with Crippen molar-refractivity contribution in [3.8, 4) is 0 Å². The van der Waals surface area contributed by atoms with Crippen molar-refractivity contribution in [2.75, 3.05) is 0 Å². The monoisotopic (exact) mass is 432 g/mol. The molecule has 0 heterocycles. The van der Waals surface area contributed by atoms with Gasteiger partial charge >= 0.3 is 6.09 Å². The number of benzene rings is 2. The molecular formula is C27H32N2O3. The summed E-state index contributed by atoms with van der Waals surface area (Å²) in [5, 5.41) is 6.75. The molecule has 0 radical (unpaired) electrons. The maximum atomic E-state index is 13.2. The van der Waals surface area contributed by atoms with Crippen LogP contribution in [0.3, 0.4) is 0 Å². The zero-order chi connectivity index (χ0) is 22.7. The maximum Gasteiger partial charge on any atom is 0.407 e. The van der Waals surface area contributed by atoms with E-state index in [4.69, 9.17) is 4.74 Å². The fraction of sp³-hybridized carbons (Fsp3) is 0.407. The van der Waals surface area contributed by atoms with E-state index in [9.17, 15) is 9.59 Å². The number of alkyl carbamates (subject to hydrolysis) is 1. The summed E-state index contributed by atoms with van der Waals surface area (Å²) in [7, 11) is 0. The van der Waals surface area contributed by atoms with Crippen molar-refractivity contribution < 1.29 is 14.3 Å². The summed E-state index contributed by atoms with van der Waals surface area (Å²) >= 11 is 0. The summed E-state index contributed by atoms with van der Waals surface area (Å²) < 4.78 is 5.39. The van der Waals surface area contributed by atoms with Gasteiger partial charge in [-0.25, -0.2) is 4.79 Å². The molecule has 4 rings (SSSR count). The molecule has 2 aliphatic rings. The van der Waals surface area contributed by atoms with Crippen LogP contribution in [0.15, 0.2) is 60.2 Å². The van der Waals surface area contributed by atoms with E-state index in [1.165, 1.54) is 0 Å². The Morgan fingerprint density at radius 1 is 0.938 bits per heavy atom. The van der Waals surface area contributed by atoms with Gasteiger partial charge in [-0.15, -0.1) is 0 Å². The smallest absolute Gasteiger partial charge is 0.407 e. The number of hydrogen-bond donors (Lipinski definition) is 2. The van der Waals surface area contributed by atoms with E-state index < -0.39 is 5.60 Å². The Labute approximate surface area is 190 Å². The molecule has 2 aromatic carbocycles. The van der Waals surface area contributed by atoms with Crippen LogP contribution in [-0.2, 0) is 4.74 Å². The van der Waals surface area contributed by atoms with Crippen LogP contribution in [0.25, 0.3) is 6.08 Å². The number of nitrogens with one attached hydrogen (secondary N) is 2. The average molecular weight is 433 g/mol. The van der Waals surface area contributed by atoms with E-state index in [0.717, 1.165) is 47.9 Å². The number of carbonyl (C=O) groups is 2. The molecule has 168 valence electrons. The normalized spacial score (nSPS) is 24.3. The summed E-state index contributed by atoms with van der Waals surface area (Å²) in [5.74, 6) is 0.0993. The number of carbonyl (C=O) groups excluding carboxylic acids is 2. The average Bonchev–Trinajstić information content (AvgIpc) is 3.01. The summed E-state index contributed by atoms with van der Waals surface area (Å²) in [5.41, 5.74) is 3.17. The highest BCUT2D eigenvalue weighted by Gasteiger charge is 2.36. The fourth-order valence-electron chi connectivity index (χ4n) is 4.58. The molecule has 2 N–H and O–H groups in total. The Kier molecular flexibility index (Phi) is 6.47. The minimum Gasteiger partial charge on any atom is -0.444 e. The van der Waals surface area contributed by atoms with Crippen LogP contribution in [0.2, 0.25) is 0 Å². The molecule has 1 fully saturated rings. The van der Waals surface area contributed by atoms with Gasteiger partial charge in [-0.2, -0.15) is 0 Å². The molecule has 0 spiro atoms. The van der Waals surface area contributed by atoms with Gasteiger partial charge in [0.2, 0.25) is 0 Å². The lowest BCUT2D eigenvalue weighted by molar-refractivity contribution is 0.0489. The van der Waals surface area contributed by atoms with Crippen LogP contribution in [-0.4, -0.2) is 29.6 Å². The van der Waals surface area contributed by atoms with E-state index in [0.29, 0.717) is 0 Å². The first kappa shape index (κ1) is 22.3. The van der Waals surface area contributed by atoms with E-state index in [1.807, 2.05) is 81.4 Å². The van der Waals surface area contributed by atoms with Crippen molar-refractivity contribution in [3.05, 3.63) is 76.9 Å². The molecule has 2 aromatic rings. The molecule has 0 bridgehead atoms. The lowest BCUT2D eigenvalue weighted by Crippen LogP contribution is -2.44. The molecule has 1 amide bonds. The predicted octanol–water partition coefficient (Wildman–Crippen LogP) is 5.43. The minimum atomic E-state index is -0.493. The van der Waals surface area contributed by atoms with Gasteiger partial charge in [0, 0.05) is 23.2 Å². The van der Waals surface area contributed by atoms with E-state index >= 15 is 0 Å². The Bertz CT molecular complexity index is 999. The summed E-state index contributed by atoms with van der Waals surface area (Å²) in [6.07, 6.45) is 5.30. The van der Waals surface area contributed by atoms with Gasteiger partial charge in [0.25, 0.3) is 0 Å². The highest BCUT2D eigenvalue weighted by atomic mass is 16.6. The zero-order valence-corrected chi connectivity index (χ0v) is 19.1. The topological polar surface area (TPSA) is 67.4 Å². The Hall–Kier alpha value is -2.92. The Balaban J connectivity index is 1.44. The van der Waals surface area contributed by atoms with Crippen LogP contribution in [0.4, 0.5) is 4.79 Å². The Morgan fingerprint density at radius 3 is 2.25 bits per heavy atom. The fourth-order valence-corrected chi connectivity index (χ4v) is 4.58. The van der Waals surface area contributed by atoms with Gasteiger partial charge in [-0.1, -0.05) is 54.6 Å². The summed E-state index contributed by atoms with van der Waals surface area (Å²) in [6, 6.07) is 18.2. The zero-order valence-electron chi connectivity index (χ0n) is 19.1. The predicted molar refractivity (Wildman–Crippen MR) is 126 cm³/mol. The molecule has 1 atom stereocenters. The van der Waals surface area contributed by atoms with Gasteiger partial charge in [-0.3, -0.25) is 4.79 Å². The molecule has 1 saturated carbocycles. The summed E-state index contributed by atoms with van der Waals surface area (Å²) in [6.45, 7) is 5.61. The summed E-state index contributed by atoms with van der Waals surface area (Å²) in [4.78, 5) is 25.3. The van der Waals surface area contributed by atoms with E-state index in [1.54, 1.807) is 0 Å². The van der Waals surface area contributed by atoms with Crippen molar-refractivity contribution in [2.45, 2.75) is 70.2 Å². The lowest BCUT2D eigenvalue weighted by atomic mass is 9.90. The Morgan fingerprint density at radius 2 is 1.56 bits per heavy atom. The number of fused-ring (bicyclic) bond motifs is 1. The lowest BCUT2D eigenvalue weighted by Gasteiger charge is -2.32. The molecule has 32 heavy (non-hydrogen) atoms. The number of ether oxygens (including phenoxy) is 1. The molecule has 5 nitrogen and oxygen atoms in total. The molecule has 0 saturated heterocycles. The second-order valence-electron chi connectivity index (χ2n) is 9.72. The third kappa shape index (κ3) is 5.28. The second-order valence-corrected chi connectivity index (χ2v) is 9.72. The largest absolute Gasteiger partial charge is 0.444 e. The quantitative estimate of drug-likeness (QED) is 0.632. The number of hydrogen-bond acceptors (Lipinski definition) is 4. The maximum absolute atomic E-state index is 13.2. The van der Waals surface area contributed by atoms with Gasteiger partial charge < -0.3 is 15.4 Å². The van der Waals surface area contributed by atoms with Crippen molar-refractivity contribution in [3.63, 3.8) is 0 Å². The third-order valence-electron chi connectivity index (χ3n) is 6.06. The number of Topliss-reactive ketones (excluding diaryl/α,β-unsaturated/α-hetero) is 1. The van der Waals surface area contributed by atoms with Crippen molar-refractivity contribution in [2.24, 2.45) is 0 Å². The van der Waals surface area contributed by atoms with Crippen LogP contribution < -0.4 is 10.6 Å². The minimum absolute atomic E-state index is 0.0993. The number of amides is 1. The molecular weight excluding hydrogens is 400 g/mol. The van der Waals surface area contributed by atoms with Crippen molar-refractivity contribution in [1.29, 1.82) is 0 Å². The third-order valence-corrected chi connectivity index (χ3v) is 6.06. The highest BCUT2D eigenvalue weighted by Crippen LogP contribution is 2.38.